The fraction of sp³-hybridized carbons (Fsp3) is 0.417. The Balaban J connectivity index is 2.03. The van der Waals surface area contributed by atoms with Gasteiger partial charge in [0.1, 0.15) is 5.01 Å². The lowest BCUT2D eigenvalue weighted by atomic mass is 10.1. The molecule has 0 aliphatic rings. The number of hydrogen-bond donors (Lipinski definition) is 1. The molecule has 0 atom stereocenters. The zero-order valence-corrected chi connectivity index (χ0v) is 10.7. The van der Waals surface area contributed by atoms with E-state index in [-0.39, 0.29) is 5.54 Å². The van der Waals surface area contributed by atoms with Gasteiger partial charge in [-0.05, 0) is 26.0 Å². The number of nitrogens with zero attached hydrogens (tertiary/aromatic N) is 2. The molecule has 0 radical (unpaired) electrons. The number of aryl methyl sites for hydroxylation is 1. The highest BCUT2D eigenvalue weighted by Gasteiger charge is 2.22. The van der Waals surface area contributed by atoms with Gasteiger partial charge in [0.15, 0.2) is 0 Å². The molecule has 0 spiro atoms. The summed E-state index contributed by atoms with van der Waals surface area (Å²) in [6.45, 7) is 5.18. The summed E-state index contributed by atoms with van der Waals surface area (Å²) >= 11 is 1.69. The minimum Gasteiger partial charge on any atom is -0.353 e. The quantitative estimate of drug-likeness (QED) is 0.882. The average Bonchev–Trinajstić information content (AvgIpc) is 2.85. The lowest BCUT2D eigenvalue weighted by Crippen LogP contribution is -2.36. The SMILES string of the molecule is Cn1cccc1CNC(C)(C)c1nccs1. The molecule has 4 heteroatoms. The van der Waals surface area contributed by atoms with Gasteiger partial charge in [-0.15, -0.1) is 11.3 Å². The van der Waals surface area contributed by atoms with E-state index in [9.17, 15) is 0 Å². The third-order valence-electron chi connectivity index (χ3n) is 2.73. The van der Waals surface area contributed by atoms with Crippen molar-refractivity contribution < 1.29 is 0 Å². The number of rotatable bonds is 4. The Morgan fingerprint density at radius 1 is 1.50 bits per heavy atom. The van der Waals surface area contributed by atoms with Gasteiger partial charge in [-0.3, -0.25) is 0 Å². The van der Waals surface area contributed by atoms with Gasteiger partial charge < -0.3 is 9.88 Å². The van der Waals surface area contributed by atoms with Crippen LogP contribution >= 0.6 is 11.3 Å². The first-order valence-electron chi connectivity index (χ1n) is 5.35. The van der Waals surface area contributed by atoms with Crippen LogP contribution in [-0.4, -0.2) is 9.55 Å². The van der Waals surface area contributed by atoms with Crippen LogP contribution < -0.4 is 5.32 Å². The molecule has 2 aromatic rings. The van der Waals surface area contributed by atoms with E-state index in [1.807, 2.05) is 11.6 Å². The van der Waals surface area contributed by atoms with Crippen LogP contribution in [0.5, 0.6) is 0 Å². The second-order valence-corrected chi connectivity index (χ2v) is 5.32. The Bertz CT molecular complexity index is 443. The largest absolute Gasteiger partial charge is 0.353 e. The Hall–Kier alpha value is -1.13. The number of hydrogen-bond acceptors (Lipinski definition) is 3. The molecule has 0 saturated carbocycles. The summed E-state index contributed by atoms with van der Waals surface area (Å²) in [4.78, 5) is 4.36. The first-order chi connectivity index (χ1) is 7.59. The van der Waals surface area contributed by atoms with Gasteiger partial charge in [-0.2, -0.15) is 0 Å². The molecular formula is C12H17N3S. The molecule has 2 rings (SSSR count). The third kappa shape index (κ3) is 2.33. The van der Waals surface area contributed by atoms with Gasteiger partial charge in [-0.25, -0.2) is 4.98 Å². The first-order valence-corrected chi connectivity index (χ1v) is 6.23. The van der Waals surface area contributed by atoms with Gasteiger partial charge in [0.25, 0.3) is 0 Å². The van der Waals surface area contributed by atoms with Crippen LogP contribution in [0.2, 0.25) is 0 Å². The van der Waals surface area contributed by atoms with Crippen LogP contribution in [0.25, 0.3) is 0 Å². The van der Waals surface area contributed by atoms with Crippen LogP contribution in [0.1, 0.15) is 24.5 Å². The summed E-state index contributed by atoms with van der Waals surface area (Å²) < 4.78 is 2.13. The van der Waals surface area contributed by atoms with Crippen LogP contribution in [0.4, 0.5) is 0 Å². The highest BCUT2D eigenvalue weighted by atomic mass is 32.1. The normalized spacial score (nSPS) is 11.9. The van der Waals surface area contributed by atoms with Crippen molar-refractivity contribution in [3.8, 4) is 0 Å². The zero-order valence-electron chi connectivity index (χ0n) is 9.90. The molecule has 86 valence electrons. The van der Waals surface area contributed by atoms with Crippen LogP contribution in [0, 0.1) is 0 Å². The van der Waals surface area contributed by atoms with Crippen molar-refractivity contribution in [3.05, 3.63) is 40.6 Å². The van der Waals surface area contributed by atoms with Crippen LogP contribution in [-0.2, 0) is 19.1 Å². The summed E-state index contributed by atoms with van der Waals surface area (Å²) in [6, 6.07) is 4.19. The topological polar surface area (TPSA) is 29.9 Å². The summed E-state index contributed by atoms with van der Waals surface area (Å²) in [7, 11) is 2.06. The molecule has 16 heavy (non-hydrogen) atoms. The maximum Gasteiger partial charge on any atom is 0.112 e. The second kappa shape index (κ2) is 4.39. The van der Waals surface area contributed by atoms with Crippen molar-refractivity contribution in [1.82, 2.24) is 14.9 Å². The highest BCUT2D eigenvalue weighted by molar-refractivity contribution is 7.09. The van der Waals surface area contributed by atoms with Gasteiger partial charge in [0.2, 0.25) is 0 Å². The molecule has 0 bridgehead atoms. The number of aromatic nitrogens is 2. The van der Waals surface area contributed by atoms with Gasteiger partial charge in [-0.1, -0.05) is 0 Å². The lowest BCUT2D eigenvalue weighted by Gasteiger charge is -2.24. The summed E-state index contributed by atoms with van der Waals surface area (Å²) in [6.07, 6.45) is 3.92. The molecule has 0 aromatic carbocycles. The van der Waals surface area contributed by atoms with E-state index in [1.54, 1.807) is 11.3 Å². The lowest BCUT2D eigenvalue weighted by molar-refractivity contribution is 0.394. The summed E-state index contributed by atoms with van der Waals surface area (Å²) in [5.41, 5.74) is 1.21. The minimum atomic E-state index is -0.0710. The average molecular weight is 235 g/mol. The molecule has 0 saturated heterocycles. The van der Waals surface area contributed by atoms with Crippen molar-refractivity contribution in [1.29, 1.82) is 0 Å². The fourth-order valence-electron chi connectivity index (χ4n) is 1.60. The van der Waals surface area contributed by atoms with Crippen molar-refractivity contribution in [2.75, 3.05) is 0 Å². The van der Waals surface area contributed by atoms with Crippen molar-refractivity contribution in [3.63, 3.8) is 0 Å². The second-order valence-electron chi connectivity index (χ2n) is 4.43. The van der Waals surface area contributed by atoms with E-state index in [0.717, 1.165) is 11.6 Å². The molecule has 3 nitrogen and oxygen atoms in total. The molecule has 0 aliphatic heterocycles. The maximum absolute atomic E-state index is 4.36. The Kier molecular flexibility index (Phi) is 3.12. The fourth-order valence-corrected chi connectivity index (χ4v) is 2.34. The predicted octanol–water partition coefficient (Wildman–Crippen LogP) is 2.51. The van der Waals surface area contributed by atoms with E-state index in [0.29, 0.717) is 0 Å². The molecule has 0 fully saturated rings. The van der Waals surface area contributed by atoms with Gasteiger partial charge >= 0.3 is 0 Å². The Morgan fingerprint density at radius 3 is 2.88 bits per heavy atom. The van der Waals surface area contributed by atoms with E-state index in [1.165, 1.54) is 5.69 Å². The van der Waals surface area contributed by atoms with Crippen molar-refractivity contribution >= 4 is 11.3 Å². The van der Waals surface area contributed by atoms with E-state index < -0.39 is 0 Å². The standard InChI is InChI=1S/C12H17N3S/c1-12(2,11-13-6-8-16-11)14-9-10-5-4-7-15(10)3/h4-8,14H,9H2,1-3H3. The maximum atomic E-state index is 4.36. The minimum absolute atomic E-state index is 0.0710. The van der Waals surface area contributed by atoms with Crippen LogP contribution in [0.15, 0.2) is 29.9 Å². The van der Waals surface area contributed by atoms with Crippen molar-refractivity contribution in [2.24, 2.45) is 7.05 Å². The molecule has 0 amide bonds. The van der Waals surface area contributed by atoms with E-state index >= 15 is 0 Å². The molecule has 0 unspecified atom stereocenters. The number of thiazole rings is 1. The Morgan fingerprint density at radius 2 is 2.31 bits per heavy atom. The molecule has 2 heterocycles. The molecular weight excluding hydrogens is 218 g/mol. The molecule has 0 aliphatic carbocycles. The summed E-state index contributed by atoms with van der Waals surface area (Å²) in [5, 5.41) is 6.67. The monoisotopic (exact) mass is 235 g/mol. The third-order valence-corrected chi connectivity index (χ3v) is 3.83. The van der Waals surface area contributed by atoms with Gasteiger partial charge in [0, 0.05) is 37.1 Å². The zero-order chi connectivity index (χ0) is 11.6. The Labute approximate surface area is 100 Å². The molecule has 1 N–H and O–H groups in total. The van der Waals surface area contributed by atoms with E-state index in [2.05, 4.69) is 54.1 Å². The number of nitrogens with one attached hydrogen (secondary N) is 1. The first kappa shape index (κ1) is 11.4. The predicted molar refractivity (Wildman–Crippen MR) is 67.4 cm³/mol. The molecule has 2 aromatic heterocycles. The van der Waals surface area contributed by atoms with E-state index in [4.69, 9.17) is 0 Å². The summed E-state index contributed by atoms with van der Waals surface area (Å²) in [5.74, 6) is 0. The smallest absolute Gasteiger partial charge is 0.112 e. The highest BCUT2D eigenvalue weighted by Crippen LogP contribution is 2.22. The van der Waals surface area contributed by atoms with Crippen molar-refractivity contribution in [2.45, 2.75) is 25.9 Å². The van der Waals surface area contributed by atoms with Gasteiger partial charge in [0.05, 0.1) is 5.54 Å². The van der Waals surface area contributed by atoms with Crippen LogP contribution in [0.3, 0.4) is 0 Å².